The molecule has 0 aliphatic heterocycles. The summed E-state index contributed by atoms with van der Waals surface area (Å²) >= 11 is 6.16. The lowest BCUT2D eigenvalue weighted by atomic mass is 10.2. The molecule has 7 heteroatoms. The number of halogens is 1. The molecular weight excluding hydrogens is 528 g/mol. The number of nitrogens with zero attached hydrogens (tertiary/aromatic N) is 5. The van der Waals surface area contributed by atoms with E-state index in [0.717, 1.165) is 44.4 Å². The van der Waals surface area contributed by atoms with Crippen LogP contribution in [0.2, 0.25) is 5.15 Å². The van der Waals surface area contributed by atoms with E-state index in [1.165, 1.54) is 0 Å². The maximum atomic E-state index is 6.16. The molecule has 41 heavy (non-hydrogen) atoms. The summed E-state index contributed by atoms with van der Waals surface area (Å²) in [7, 11) is 0. The second kappa shape index (κ2) is 12.8. The molecule has 0 aliphatic carbocycles. The van der Waals surface area contributed by atoms with Crippen molar-refractivity contribution in [2.24, 2.45) is 0 Å². The summed E-state index contributed by atoms with van der Waals surface area (Å²) in [5, 5.41) is 5.73. The summed E-state index contributed by atoms with van der Waals surface area (Å²) in [4.78, 5) is 22.3. The van der Waals surface area contributed by atoms with E-state index in [1.807, 2.05) is 121 Å². The van der Waals surface area contributed by atoms with E-state index in [-0.39, 0.29) is 7.43 Å². The highest BCUT2D eigenvalue weighted by Gasteiger charge is 2.09. The molecule has 0 unspecified atom stereocenters. The number of pyridine rings is 1. The van der Waals surface area contributed by atoms with Crippen molar-refractivity contribution in [1.29, 1.82) is 0 Å². The second-order valence-electron chi connectivity index (χ2n) is 8.86. The Balaban J connectivity index is 0.000000168. The van der Waals surface area contributed by atoms with Gasteiger partial charge in [0.05, 0.1) is 11.0 Å². The minimum absolute atomic E-state index is 0. The van der Waals surface area contributed by atoms with Gasteiger partial charge in [-0.15, -0.1) is 0 Å². The molecule has 3 aromatic heterocycles. The topological polar surface area (TPSA) is 76.5 Å². The second-order valence-corrected chi connectivity index (χ2v) is 9.22. The van der Waals surface area contributed by atoms with E-state index in [1.54, 1.807) is 12.4 Å². The van der Waals surface area contributed by atoms with Gasteiger partial charge in [0.25, 0.3) is 0 Å². The van der Waals surface area contributed by atoms with Crippen LogP contribution in [0.15, 0.2) is 134 Å². The molecule has 0 amide bonds. The summed E-state index contributed by atoms with van der Waals surface area (Å²) in [6.07, 6.45) is 3.51. The molecule has 0 saturated heterocycles. The zero-order valence-electron chi connectivity index (χ0n) is 21.3. The van der Waals surface area contributed by atoms with Gasteiger partial charge in [-0.25, -0.2) is 19.9 Å². The van der Waals surface area contributed by atoms with Gasteiger partial charge in [-0.3, -0.25) is 4.98 Å². The van der Waals surface area contributed by atoms with Gasteiger partial charge in [-0.1, -0.05) is 104 Å². The fraction of sp³-hybridized carbons (Fsp3) is 0.0294. The number of hydrogen-bond donors (Lipinski definition) is 1. The van der Waals surface area contributed by atoms with Crippen molar-refractivity contribution in [3.63, 3.8) is 0 Å². The minimum atomic E-state index is 0. The lowest BCUT2D eigenvalue weighted by molar-refractivity contribution is 1.22. The molecule has 0 spiro atoms. The van der Waals surface area contributed by atoms with Crippen LogP contribution in [-0.2, 0) is 0 Å². The minimum Gasteiger partial charge on any atom is -0.340 e. The molecule has 0 radical (unpaired) electrons. The Morgan fingerprint density at radius 1 is 0.488 bits per heavy atom. The summed E-state index contributed by atoms with van der Waals surface area (Å²) in [5.41, 5.74) is 4.70. The molecule has 0 saturated carbocycles. The van der Waals surface area contributed by atoms with Crippen LogP contribution in [0.3, 0.4) is 0 Å². The van der Waals surface area contributed by atoms with Crippen molar-refractivity contribution in [3.8, 4) is 22.8 Å². The third-order valence-electron chi connectivity index (χ3n) is 6.17. The van der Waals surface area contributed by atoms with Crippen molar-refractivity contribution in [2.75, 3.05) is 5.32 Å². The fourth-order valence-corrected chi connectivity index (χ4v) is 4.45. The number of fused-ring (bicyclic) bond motifs is 2. The summed E-state index contributed by atoms with van der Waals surface area (Å²) in [5.74, 6) is 2.16. The van der Waals surface area contributed by atoms with Gasteiger partial charge in [0, 0.05) is 40.0 Å². The molecule has 0 atom stereocenters. The number of benzene rings is 4. The van der Waals surface area contributed by atoms with E-state index in [0.29, 0.717) is 16.8 Å². The standard InChI is InChI=1S/C19H14N4.C14H9ClN2.CH4/c1-2-6-14(7-3-1)18-22-17-9-5-4-8-16(17)19(23-18)21-15-10-12-20-13-11-15;15-13-11-8-4-5-9-12(11)16-14(17-13)10-6-2-1-3-7-10;/h1-13H,(H,20,21,22,23);1-9H;1H4. The lowest BCUT2D eigenvalue weighted by Gasteiger charge is -2.10. The predicted molar refractivity (Wildman–Crippen MR) is 169 cm³/mol. The van der Waals surface area contributed by atoms with E-state index in [4.69, 9.17) is 16.6 Å². The molecule has 7 aromatic rings. The van der Waals surface area contributed by atoms with Crippen molar-refractivity contribution >= 4 is 44.9 Å². The highest BCUT2D eigenvalue weighted by atomic mass is 35.5. The normalized spacial score (nSPS) is 10.4. The number of para-hydroxylation sites is 2. The average molecular weight is 555 g/mol. The largest absolute Gasteiger partial charge is 0.340 e. The molecule has 0 aliphatic rings. The smallest absolute Gasteiger partial charge is 0.162 e. The Morgan fingerprint density at radius 3 is 1.59 bits per heavy atom. The quantitative estimate of drug-likeness (QED) is 0.219. The molecule has 4 aromatic carbocycles. The van der Waals surface area contributed by atoms with Crippen molar-refractivity contribution in [2.45, 2.75) is 7.43 Å². The Bertz CT molecular complexity index is 1880. The van der Waals surface area contributed by atoms with Gasteiger partial charge in [-0.05, 0) is 36.4 Å². The molecule has 1 N–H and O–H groups in total. The first-order chi connectivity index (χ1) is 19.7. The van der Waals surface area contributed by atoms with E-state index < -0.39 is 0 Å². The van der Waals surface area contributed by atoms with Gasteiger partial charge < -0.3 is 5.32 Å². The van der Waals surface area contributed by atoms with Gasteiger partial charge in [0.2, 0.25) is 0 Å². The van der Waals surface area contributed by atoms with Crippen LogP contribution in [0, 0.1) is 0 Å². The van der Waals surface area contributed by atoms with E-state index >= 15 is 0 Å². The molecule has 3 heterocycles. The third kappa shape index (κ3) is 6.35. The molecule has 0 fully saturated rings. The molecule has 6 nitrogen and oxygen atoms in total. The SMILES string of the molecule is C.Clc1nc(-c2ccccc2)nc2ccccc12.c1ccc(-c2nc(Nc3ccncc3)c3ccccc3n2)cc1. The zero-order valence-corrected chi connectivity index (χ0v) is 22.1. The van der Waals surface area contributed by atoms with E-state index in [2.05, 4.69) is 25.3 Å². The lowest BCUT2D eigenvalue weighted by Crippen LogP contribution is -1.99. The number of aromatic nitrogens is 5. The van der Waals surface area contributed by atoms with Crippen LogP contribution in [0.25, 0.3) is 44.6 Å². The summed E-state index contributed by atoms with van der Waals surface area (Å²) in [6.45, 7) is 0. The fourth-order valence-electron chi connectivity index (χ4n) is 4.21. The highest BCUT2D eigenvalue weighted by molar-refractivity contribution is 6.34. The molecular formula is C34H27ClN6. The Morgan fingerprint density at radius 2 is 0.976 bits per heavy atom. The molecule has 0 bridgehead atoms. The Hall–Kier alpha value is -5.20. The van der Waals surface area contributed by atoms with Crippen LogP contribution in [0.1, 0.15) is 7.43 Å². The highest BCUT2D eigenvalue weighted by Crippen LogP contribution is 2.27. The molecule has 200 valence electrons. The van der Waals surface area contributed by atoms with Crippen LogP contribution in [-0.4, -0.2) is 24.9 Å². The van der Waals surface area contributed by atoms with Crippen LogP contribution in [0.4, 0.5) is 11.5 Å². The van der Waals surface area contributed by atoms with Crippen LogP contribution < -0.4 is 5.32 Å². The first-order valence-corrected chi connectivity index (χ1v) is 13.1. The van der Waals surface area contributed by atoms with E-state index in [9.17, 15) is 0 Å². The maximum absolute atomic E-state index is 6.16. The number of anilines is 2. The third-order valence-corrected chi connectivity index (χ3v) is 6.46. The van der Waals surface area contributed by atoms with Gasteiger partial charge in [-0.2, -0.15) is 0 Å². The van der Waals surface area contributed by atoms with Crippen molar-refractivity contribution in [1.82, 2.24) is 24.9 Å². The number of rotatable bonds is 4. The summed E-state index contributed by atoms with van der Waals surface area (Å²) < 4.78 is 0. The average Bonchev–Trinajstić information content (AvgIpc) is 3.03. The van der Waals surface area contributed by atoms with Gasteiger partial charge >= 0.3 is 0 Å². The van der Waals surface area contributed by atoms with Crippen LogP contribution >= 0.6 is 11.6 Å². The number of nitrogens with one attached hydrogen (secondary N) is 1. The van der Waals surface area contributed by atoms with Crippen molar-refractivity contribution < 1.29 is 0 Å². The van der Waals surface area contributed by atoms with Crippen LogP contribution in [0.5, 0.6) is 0 Å². The molecule has 7 rings (SSSR count). The monoisotopic (exact) mass is 554 g/mol. The van der Waals surface area contributed by atoms with Gasteiger partial charge in [0.1, 0.15) is 11.0 Å². The van der Waals surface area contributed by atoms with Gasteiger partial charge in [0.15, 0.2) is 11.6 Å². The first-order valence-electron chi connectivity index (χ1n) is 12.7. The number of hydrogen-bond acceptors (Lipinski definition) is 6. The first kappa shape index (κ1) is 27.4. The Kier molecular flexibility index (Phi) is 8.52. The summed E-state index contributed by atoms with van der Waals surface area (Å²) in [6, 6.07) is 39.4. The van der Waals surface area contributed by atoms with Crippen molar-refractivity contribution in [3.05, 3.63) is 139 Å². The Labute approximate surface area is 243 Å². The zero-order chi connectivity index (χ0) is 27.1. The maximum Gasteiger partial charge on any atom is 0.162 e. The predicted octanol–water partition coefficient (Wildman–Crippen LogP) is 9.02.